The maximum atomic E-state index is 5.97. The van der Waals surface area contributed by atoms with E-state index in [9.17, 15) is 0 Å². The van der Waals surface area contributed by atoms with Gasteiger partial charge in [-0.1, -0.05) is 6.07 Å². The molecule has 0 unspecified atom stereocenters. The lowest BCUT2D eigenvalue weighted by molar-refractivity contribution is -0.134. The van der Waals surface area contributed by atoms with Gasteiger partial charge in [0.2, 0.25) is 0 Å². The fourth-order valence-corrected chi connectivity index (χ4v) is 2.54. The summed E-state index contributed by atoms with van der Waals surface area (Å²) < 4.78 is 22.9. The van der Waals surface area contributed by atoms with Gasteiger partial charge in [-0.15, -0.1) is 0 Å². The van der Waals surface area contributed by atoms with Gasteiger partial charge < -0.3 is 24.7 Å². The topological polar surface area (TPSA) is 62.9 Å². The van der Waals surface area contributed by atoms with Crippen molar-refractivity contribution in [2.24, 2.45) is 5.73 Å². The molecule has 0 amide bonds. The average molecular weight is 309 g/mol. The number of nitrogens with two attached hydrogens (primary N) is 1. The van der Waals surface area contributed by atoms with E-state index in [1.807, 2.05) is 32.0 Å². The van der Waals surface area contributed by atoms with E-state index >= 15 is 0 Å². The quantitative estimate of drug-likeness (QED) is 0.710. The van der Waals surface area contributed by atoms with Crippen LogP contribution in [0.4, 0.5) is 0 Å². The molecule has 1 aromatic carbocycles. The summed E-state index contributed by atoms with van der Waals surface area (Å²) in [6, 6.07) is 6.01. The van der Waals surface area contributed by atoms with Crippen LogP contribution in [0.25, 0.3) is 0 Å². The molecule has 22 heavy (non-hydrogen) atoms. The van der Waals surface area contributed by atoms with Gasteiger partial charge in [-0.25, -0.2) is 0 Å². The highest BCUT2D eigenvalue weighted by molar-refractivity contribution is 5.43. The third-order valence-corrected chi connectivity index (χ3v) is 3.57. The Labute approximate surface area is 132 Å². The molecule has 1 fully saturated rings. The third-order valence-electron chi connectivity index (χ3n) is 3.57. The molecule has 1 aliphatic heterocycles. The molecule has 1 aromatic rings. The van der Waals surface area contributed by atoms with Gasteiger partial charge in [0.25, 0.3) is 0 Å². The second kappa shape index (κ2) is 8.98. The van der Waals surface area contributed by atoms with Crippen LogP contribution in [0, 0.1) is 0 Å². The Morgan fingerprint density at radius 3 is 2.64 bits per heavy atom. The van der Waals surface area contributed by atoms with E-state index in [1.165, 1.54) is 0 Å². The van der Waals surface area contributed by atoms with Crippen molar-refractivity contribution in [2.45, 2.75) is 45.5 Å². The molecular formula is C17H27NO4. The van der Waals surface area contributed by atoms with Crippen LogP contribution in [0.3, 0.4) is 0 Å². The highest BCUT2D eigenvalue weighted by Crippen LogP contribution is 2.37. The molecule has 1 heterocycles. The van der Waals surface area contributed by atoms with E-state index in [0.29, 0.717) is 26.4 Å². The first-order valence-corrected chi connectivity index (χ1v) is 8.15. The molecule has 5 nitrogen and oxygen atoms in total. The second-order valence-electron chi connectivity index (χ2n) is 5.22. The van der Waals surface area contributed by atoms with Crippen LogP contribution in [0.1, 0.15) is 44.8 Å². The number of rotatable bonds is 9. The monoisotopic (exact) mass is 309 g/mol. The van der Waals surface area contributed by atoms with Crippen LogP contribution in [0.2, 0.25) is 0 Å². The Hall–Kier alpha value is -1.30. The summed E-state index contributed by atoms with van der Waals surface area (Å²) in [4.78, 5) is 0. The summed E-state index contributed by atoms with van der Waals surface area (Å²) in [5, 5.41) is 0. The summed E-state index contributed by atoms with van der Waals surface area (Å²) >= 11 is 0. The zero-order valence-corrected chi connectivity index (χ0v) is 13.5. The fourth-order valence-electron chi connectivity index (χ4n) is 2.54. The summed E-state index contributed by atoms with van der Waals surface area (Å²) in [6.45, 7) is 6.47. The minimum absolute atomic E-state index is 0.0535. The predicted molar refractivity (Wildman–Crippen MR) is 85.3 cm³/mol. The predicted octanol–water partition coefficient (Wildman–Crippen LogP) is 3.03. The van der Waals surface area contributed by atoms with Crippen LogP contribution < -0.4 is 15.2 Å². The number of hydrogen-bond acceptors (Lipinski definition) is 5. The first kappa shape index (κ1) is 17.1. The van der Waals surface area contributed by atoms with Gasteiger partial charge in [0.1, 0.15) is 0 Å². The van der Waals surface area contributed by atoms with Gasteiger partial charge in [0.05, 0.1) is 25.9 Å². The van der Waals surface area contributed by atoms with Crippen molar-refractivity contribution in [3.63, 3.8) is 0 Å². The highest BCUT2D eigenvalue weighted by Gasteiger charge is 2.27. The Bertz CT molecular complexity index is 452. The summed E-state index contributed by atoms with van der Waals surface area (Å²) in [6.07, 6.45) is 2.65. The molecule has 0 bridgehead atoms. The standard InChI is InChI=1S/C17H27NO4/c1-3-19-15-7-6-13(12-16(15)20-4-2)14-8-9-17(22-14)21-11-5-10-18/h6-7,12,14,17H,3-5,8-11,18H2,1-2H3/t14-,17-/m1/s1. The van der Waals surface area contributed by atoms with E-state index in [4.69, 9.17) is 24.7 Å². The molecule has 0 aromatic heterocycles. The summed E-state index contributed by atoms with van der Waals surface area (Å²) in [5.74, 6) is 1.56. The Morgan fingerprint density at radius 2 is 1.91 bits per heavy atom. The van der Waals surface area contributed by atoms with Crippen molar-refractivity contribution >= 4 is 0 Å². The van der Waals surface area contributed by atoms with Crippen molar-refractivity contribution < 1.29 is 18.9 Å². The smallest absolute Gasteiger partial charge is 0.161 e. The Morgan fingerprint density at radius 1 is 1.14 bits per heavy atom. The molecule has 0 spiro atoms. The largest absolute Gasteiger partial charge is 0.490 e. The van der Waals surface area contributed by atoms with Crippen LogP contribution in [-0.4, -0.2) is 32.7 Å². The van der Waals surface area contributed by atoms with Crippen molar-refractivity contribution in [1.29, 1.82) is 0 Å². The van der Waals surface area contributed by atoms with E-state index in [-0.39, 0.29) is 12.4 Å². The van der Waals surface area contributed by atoms with Gasteiger partial charge >= 0.3 is 0 Å². The molecular weight excluding hydrogens is 282 g/mol. The molecule has 2 atom stereocenters. The zero-order chi connectivity index (χ0) is 15.8. The van der Waals surface area contributed by atoms with E-state index in [1.54, 1.807) is 0 Å². The number of benzene rings is 1. The van der Waals surface area contributed by atoms with Crippen molar-refractivity contribution in [3.05, 3.63) is 23.8 Å². The average Bonchev–Trinajstić information content (AvgIpc) is 2.99. The first-order chi connectivity index (χ1) is 10.8. The fraction of sp³-hybridized carbons (Fsp3) is 0.647. The first-order valence-electron chi connectivity index (χ1n) is 8.15. The Balaban J connectivity index is 1.98. The molecule has 2 N–H and O–H groups in total. The van der Waals surface area contributed by atoms with Gasteiger partial charge in [-0.05, 0) is 50.9 Å². The maximum absolute atomic E-state index is 5.97. The lowest BCUT2D eigenvalue weighted by Crippen LogP contribution is -2.14. The molecule has 0 radical (unpaired) electrons. The Kier molecular flexibility index (Phi) is 6.96. The molecule has 0 saturated carbocycles. The van der Waals surface area contributed by atoms with Gasteiger partial charge in [-0.3, -0.25) is 0 Å². The minimum Gasteiger partial charge on any atom is -0.490 e. The summed E-state index contributed by atoms with van der Waals surface area (Å²) in [7, 11) is 0. The van der Waals surface area contributed by atoms with E-state index in [2.05, 4.69) is 0 Å². The van der Waals surface area contributed by atoms with E-state index in [0.717, 1.165) is 36.3 Å². The van der Waals surface area contributed by atoms with Crippen molar-refractivity contribution in [2.75, 3.05) is 26.4 Å². The normalized spacial score (nSPS) is 21.0. The van der Waals surface area contributed by atoms with Crippen molar-refractivity contribution in [3.8, 4) is 11.5 Å². The lowest BCUT2D eigenvalue weighted by Gasteiger charge is -2.17. The minimum atomic E-state index is -0.126. The van der Waals surface area contributed by atoms with Gasteiger partial charge in [-0.2, -0.15) is 0 Å². The SMILES string of the molecule is CCOc1ccc([C@H]2CC[C@H](OCCCN)O2)cc1OCC. The number of ether oxygens (including phenoxy) is 4. The highest BCUT2D eigenvalue weighted by atomic mass is 16.7. The van der Waals surface area contributed by atoms with E-state index < -0.39 is 0 Å². The second-order valence-corrected chi connectivity index (χ2v) is 5.22. The molecule has 124 valence electrons. The third kappa shape index (κ3) is 4.60. The number of hydrogen-bond donors (Lipinski definition) is 1. The zero-order valence-electron chi connectivity index (χ0n) is 13.5. The lowest BCUT2D eigenvalue weighted by atomic mass is 10.1. The van der Waals surface area contributed by atoms with Crippen LogP contribution in [-0.2, 0) is 9.47 Å². The summed E-state index contributed by atoms with van der Waals surface area (Å²) in [5.41, 5.74) is 6.58. The molecule has 1 aliphatic rings. The molecule has 0 aliphatic carbocycles. The maximum Gasteiger partial charge on any atom is 0.161 e. The van der Waals surface area contributed by atoms with Crippen LogP contribution in [0.15, 0.2) is 18.2 Å². The van der Waals surface area contributed by atoms with Crippen LogP contribution in [0.5, 0.6) is 11.5 Å². The van der Waals surface area contributed by atoms with Crippen molar-refractivity contribution in [1.82, 2.24) is 0 Å². The van der Waals surface area contributed by atoms with Gasteiger partial charge in [0, 0.05) is 6.42 Å². The molecule has 5 heteroatoms. The molecule has 2 rings (SSSR count). The van der Waals surface area contributed by atoms with Crippen LogP contribution >= 0.6 is 0 Å². The molecule has 1 saturated heterocycles. The van der Waals surface area contributed by atoms with Gasteiger partial charge in [0.15, 0.2) is 17.8 Å².